The van der Waals surface area contributed by atoms with Crippen molar-refractivity contribution in [2.75, 3.05) is 17.7 Å². The Kier molecular flexibility index (Phi) is 9.69. The number of rotatable bonds is 11. The van der Waals surface area contributed by atoms with E-state index in [0.717, 1.165) is 4.90 Å². The molecule has 4 aromatic rings. The van der Waals surface area contributed by atoms with Gasteiger partial charge in [0.25, 0.3) is 11.8 Å². The van der Waals surface area contributed by atoms with Gasteiger partial charge in [-0.05, 0) is 49.4 Å². The van der Waals surface area contributed by atoms with Crippen molar-refractivity contribution >= 4 is 41.1 Å². The molecule has 0 unspecified atom stereocenters. The molecule has 0 aliphatic heterocycles. The number of hydrogen-bond acceptors (Lipinski definition) is 5. The molecule has 6 nitrogen and oxygen atoms in total. The van der Waals surface area contributed by atoms with Crippen LogP contribution in [0.2, 0.25) is 0 Å². The topological polar surface area (TPSA) is 84.5 Å². The number of anilines is 1. The molecule has 0 saturated heterocycles. The molecule has 0 aliphatic carbocycles. The average molecular weight is 537 g/mol. The Bertz CT molecular complexity index is 1470. The molecule has 0 atom stereocenters. The minimum atomic E-state index is -0.493. The van der Waals surface area contributed by atoms with E-state index in [4.69, 9.17) is 4.74 Å². The quantitative estimate of drug-likeness (QED) is 0.130. The van der Waals surface area contributed by atoms with Gasteiger partial charge in [-0.15, -0.1) is 11.8 Å². The fraction of sp³-hybridized carbons (Fsp3) is 0.0938. The monoisotopic (exact) mass is 536 g/mol. The lowest BCUT2D eigenvalue weighted by Gasteiger charge is -2.13. The lowest BCUT2D eigenvalue weighted by molar-refractivity contribution is -0.113. The Morgan fingerprint density at radius 3 is 2.18 bits per heavy atom. The molecule has 196 valence electrons. The molecule has 0 saturated carbocycles. The van der Waals surface area contributed by atoms with Crippen LogP contribution in [0.25, 0.3) is 6.08 Å². The van der Waals surface area contributed by atoms with E-state index >= 15 is 0 Å². The predicted octanol–water partition coefficient (Wildman–Crippen LogP) is 6.47. The Morgan fingerprint density at radius 2 is 1.46 bits per heavy atom. The lowest BCUT2D eigenvalue weighted by Crippen LogP contribution is -2.30. The number of benzene rings is 4. The van der Waals surface area contributed by atoms with Crippen LogP contribution in [-0.2, 0) is 4.79 Å². The number of thioether (sulfide) groups is 1. The van der Waals surface area contributed by atoms with Gasteiger partial charge in [0, 0.05) is 27.3 Å². The molecule has 0 aromatic heterocycles. The molecule has 7 heteroatoms. The Balaban J connectivity index is 1.53. The van der Waals surface area contributed by atoms with Gasteiger partial charge < -0.3 is 15.4 Å². The van der Waals surface area contributed by atoms with Crippen molar-refractivity contribution in [3.8, 4) is 5.75 Å². The number of hydrogen-bond donors (Lipinski definition) is 2. The van der Waals surface area contributed by atoms with Gasteiger partial charge >= 0.3 is 0 Å². The molecule has 2 N–H and O–H groups in total. The summed E-state index contributed by atoms with van der Waals surface area (Å²) in [7, 11) is 0. The zero-order valence-electron chi connectivity index (χ0n) is 21.4. The summed E-state index contributed by atoms with van der Waals surface area (Å²) in [5, 5.41) is 5.62. The van der Waals surface area contributed by atoms with Crippen LogP contribution >= 0.6 is 11.8 Å². The minimum Gasteiger partial charge on any atom is -0.493 e. The van der Waals surface area contributed by atoms with Gasteiger partial charge in [0.1, 0.15) is 11.4 Å². The van der Waals surface area contributed by atoms with Gasteiger partial charge in [0.05, 0.1) is 12.4 Å². The first-order valence-corrected chi connectivity index (χ1v) is 13.4. The Hall–Kier alpha value is -4.62. The molecule has 0 aliphatic rings. The highest BCUT2D eigenvalue weighted by atomic mass is 32.2. The molecule has 0 radical (unpaired) electrons. The third-order valence-corrected chi connectivity index (χ3v) is 6.60. The van der Waals surface area contributed by atoms with Crippen molar-refractivity contribution in [2.45, 2.75) is 11.8 Å². The van der Waals surface area contributed by atoms with E-state index in [1.807, 2.05) is 55.5 Å². The van der Waals surface area contributed by atoms with Crippen molar-refractivity contribution in [3.63, 3.8) is 0 Å². The van der Waals surface area contributed by atoms with Crippen LogP contribution in [0.3, 0.4) is 0 Å². The second-order valence-corrected chi connectivity index (χ2v) is 9.46. The number of nitrogens with one attached hydrogen (secondary N) is 2. The Labute approximate surface area is 232 Å². The average Bonchev–Trinajstić information content (AvgIpc) is 2.97. The molecule has 0 spiro atoms. The molecule has 0 bridgehead atoms. The van der Waals surface area contributed by atoms with Crippen LogP contribution in [0, 0.1) is 0 Å². The number of Topliss-reactive ketones (excluding diaryl/α,β-unsaturated/α-hetero) is 1. The van der Waals surface area contributed by atoms with Gasteiger partial charge in [-0.2, -0.15) is 0 Å². The largest absolute Gasteiger partial charge is 0.493 e. The summed E-state index contributed by atoms with van der Waals surface area (Å²) in [4.78, 5) is 39.7. The van der Waals surface area contributed by atoms with E-state index in [0.29, 0.717) is 34.7 Å². The predicted molar refractivity (Wildman–Crippen MR) is 156 cm³/mol. The maximum atomic E-state index is 13.4. The number of para-hydroxylation sites is 1. The standard InChI is InChI=1S/C32H28N2O4S/c1-2-38-30-19-10-9-16-25(30)20-28(34-31(36)24-14-7-4-8-15-24)32(37)33-26-17-11-18-27(21-26)39-22-29(35)23-12-5-3-6-13-23/h3-21H,2,22H2,1H3,(H,33,37)(H,34,36)/b28-20-. The maximum Gasteiger partial charge on any atom is 0.272 e. The van der Waals surface area contributed by atoms with E-state index in [2.05, 4.69) is 10.6 Å². The summed E-state index contributed by atoms with van der Waals surface area (Å²) in [6.45, 7) is 2.34. The first-order valence-electron chi connectivity index (χ1n) is 12.5. The van der Waals surface area contributed by atoms with E-state index in [9.17, 15) is 14.4 Å². The van der Waals surface area contributed by atoms with Crippen LogP contribution < -0.4 is 15.4 Å². The SMILES string of the molecule is CCOc1ccccc1/C=C(\NC(=O)c1ccccc1)C(=O)Nc1cccc(SCC(=O)c2ccccc2)c1. The molecule has 4 aromatic carbocycles. The third kappa shape index (κ3) is 7.93. The van der Waals surface area contributed by atoms with Gasteiger partial charge in [-0.1, -0.05) is 72.8 Å². The molecule has 0 heterocycles. The minimum absolute atomic E-state index is 0.0249. The van der Waals surface area contributed by atoms with Crippen LogP contribution in [-0.4, -0.2) is 30.0 Å². The zero-order chi connectivity index (χ0) is 27.5. The van der Waals surface area contributed by atoms with E-state index < -0.39 is 11.8 Å². The zero-order valence-corrected chi connectivity index (χ0v) is 22.2. The number of ketones is 1. The third-order valence-electron chi connectivity index (χ3n) is 5.61. The van der Waals surface area contributed by atoms with Crippen molar-refractivity contribution in [2.24, 2.45) is 0 Å². The number of carbonyl (C=O) groups is 3. The van der Waals surface area contributed by atoms with E-state index in [-0.39, 0.29) is 17.2 Å². The second-order valence-electron chi connectivity index (χ2n) is 8.41. The summed E-state index contributed by atoms with van der Waals surface area (Å²) in [6.07, 6.45) is 1.60. The fourth-order valence-corrected chi connectivity index (χ4v) is 4.55. The highest BCUT2D eigenvalue weighted by Gasteiger charge is 2.16. The summed E-state index contributed by atoms with van der Waals surface area (Å²) < 4.78 is 5.70. The van der Waals surface area contributed by atoms with Crippen LogP contribution in [0.1, 0.15) is 33.2 Å². The van der Waals surface area contributed by atoms with E-state index in [1.165, 1.54) is 11.8 Å². The van der Waals surface area contributed by atoms with Crippen LogP contribution in [0.15, 0.2) is 120 Å². The fourth-order valence-electron chi connectivity index (χ4n) is 3.70. The molecular formula is C32H28N2O4S. The summed E-state index contributed by atoms with van der Waals surface area (Å²) in [6, 6.07) is 32.4. The van der Waals surface area contributed by atoms with Gasteiger partial charge in [0.2, 0.25) is 0 Å². The Morgan fingerprint density at radius 1 is 0.795 bits per heavy atom. The summed E-state index contributed by atoms with van der Waals surface area (Å²) >= 11 is 1.39. The molecule has 39 heavy (non-hydrogen) atoms. The van der Waals surface area contributed by atoms with Gasteiger partial charge in [0.15, 0.2) is 5.78 Å². The van der Waals surface area contributed by atoms with E-state index in [1.54, 1.807) is 66.7 Å². The summed E-state index contributed by atoms with van der Waals surface area (Å²) in [5.41, 5.74) is 2.34. The highest BCUT2D eigenvalue weighted by molar-refractivity contribution is 8.00. The first-order chi connectivity index (χ1) is 19.0. The number of amides is 2. The lowest BCUT2D eigenvalue weighted by atomic mass is 10.1. The van der Waals surface area contributed by atoms with Gasteiger partial charge in [-0.3, -0.25) is 14.4 Å². The van der Waals surface area contributed by atoms with Crippen molar-refractivity contribution in [3.05, 3.63) is 132 Å². The van der Waals surface area contributed by atoms with Crippen LogP contribution in [0.4, 0.5) is 5.69 Å². The normalized spacial score (nSPS) is 10.9. The van der Waals surface area contributed by atoms with Crippen LogP contribution in [0.5, 0.6) is 5.75 Å². The van der Waals surface area contributed by atoms with Crippen molar-refractivity contribution in [1.29, 1.82) is 0 Å². The van der Waals surface area contributed by atoms with Crippen molar-refractivity contribution < 1.29 is 19.1 Å². The smallest absolute Gasteiger partial charge is 0.272 e. The number of carbonyl (C=O) groups excluding carboxylic acids is 3. The molecular weight excluding hydrogens is 508 g/mol. The molecule has 0 fully saturated rings. The highest BCUT2D eigenvalue weighted by Crippen LogP contribution is 2.24. The molecule has 2 amide bonds. The second kappa shape index (κ2) is 13.8. The molecule has 4 rings (SSSR count). The van der Waals surface area contributed by atoms with Gasteiger partial charge in [-0.25, -0.2) is 0 Å². The first kappa shape index (κ1) is 27.4. The van der Waals surface area contributed by atoms with Crippen molar-refractivity contribution in [1.82, 2.24) is 5.32 Å². The number of ether oxygens (including phenoxy) is 1. The maximum absolute atomic E-state index is 13.4. The summed E-state index contributed by atoms with van der Waals surface area (Å²) in [5.74, 6) is -0.00576.